The zero-order valence-corrected chi connectivity index (χ0v) is 11.3. The minimum absolute atomic E-state index is 0.380. The molecule has 20 heavy (non-hydrogen) atoms. The van der Waals surface area contributed by atoms with E-state index in [2.05, 4.69) is 9.97 Å². The normalized spacial score (nSPS) is 10.7. The van der Waals surface area contributed by atoms with Gasteiger partial charge in [0.25, 0.3) is 0 Å². The third-order valence-electron chi connectivity index (χ3n) is 2.89. The number of esters is 1. The van der Waals surface area contributed by atoms with Gasteiger partial charge >= 0.3 is 5.97 Å². The van der Waals surface area contributed by atoms with Crippen LogP contribution in [0.15, 0.2) is 42.9 Å². The minimum Gasteiger partial charge on any atom is -0.465 e. The highest BCUT2D eigenvalue weighted by Gasteiger charge is 2.09. The Hall–Kier alpha value is -2.40. The number of imidazole rings is 1. The van der Waals surface area contributed by atoms with E-state index in [-0.39, 0.29) is 5.97 Å². The maximum atomic E-state index is 11.5. The topological polar surface area (TPSA) is 56.5 Å². The van der Waals surface area contributed by atoms with E-state index in [0.717, 1.165) is 16.9 Å². The quantitative estimate of drug-likeness (QED) is 0.537. The van der Waals surface area contributed by atoms with Gasteiger partial charge in [0.1, 0.15) is 10.8 Å². The molecule has 0 spiro atoms. The molecule has 0 amide bonds. The molecule has 3 heterocycles. The van der Waals surface area contributed by atoms with Crippen LogP contribution in [0, 0.1) is 0 Å². The maximum Gasteiger partial charge on any atom is 0.339 e. The second kappa shape index (κ2) is 4.94. The van der Waals surface area contributed by atoms with Crippen molar-refractivity contribution in [3.63, 3.8) is 0 Å². The van der Waals surface area contributed by atoms with Gasteiger partial charge in [0.15, 0.2) is 0 Å². The Bertz CT molecular complexity index is 798. The Kier molecular flexibility index (Phi) is 3.12. The molecular formula is C14H10ClN3O2. The highest BCUT2D eigenvalue weighted by molar-refractivity contribution is 6.29. The Morgan fingerprint density at radius 1 is 1.30 bits per heavy atom. The van der Waals surface area contributed by atoms with E-state index in [1.54, 1.807) is 35.0 Å². The fraction of sp³-hybridized carbons (Fsp3) is 0.0714. The molecule has 0 radical (unpaired) electrons. The van der Waals surface area contributed by atoms with Crippen molar-refractivity contribution in [2.24, 2.45) is 0 Å². The molecule has 0 N–H and O–H groups in total. The molecule has 0 bridgehead atoms. The van der Waals surface area contributed by atoms with E-state index < -0.39 is 0 Å². The molecule has 5 nitrogen and oxygen atoms in total. The van der Waals surface area contributed by atoms with Crippen LogP contribution >= 0.6 is 11.6 Å². The number of pyridine rings is 2. The predicted octanol–water partition coefficient (Wildman–Crippen LogP) is 2.84. The number of halogens is 1. The average Bonchev–Trinajstić information content (AvgIpc) is 2.89. The first-order valence-electron chi connectivity index (χ1n) is 5.86. The van der Waals surface area contributed by atoms with Crippen molar-refractivity contribution >= 4 is 23.2 Å². The SMILES string of the molecule is COC(=O)c1ccc2nc(-c3ccnc(Cl)c3)cn2c1. The first-order chi connectivity index (χ1) is 9.67. The molecule has 6 heteroatoms. The third kappa shape index (κ3) is 2.23. The molecule has 0 saturated heterocycles. The van der Waals surface area contributed by atoms with Crippen LogP contribution in [0.25, 0.3) is 16.9 Å². The number of aromatic nitrogens is 3. The molecule has 0 saturated carbocycles. The second-order valence-corrected chi connectivity index (χ2v) is 4.56. The summed E-state index contributed by atoms with van der Waals surface area (Å²) in [6, 6.07) is 7.01. The monoisotopic (exact) mass is 287 g/mol. The van der Waals surface area contributed by atoms with E-state index >= 15 is 0 Å². The summed E-state index contributed by atoms with van der Waals surface area (Å²) in [6.07, 6.45) is 5.13. The lowest BCUT2D eigenvalue weighted by Crippen LogP contribution is -2.02. The van der Waals surface area contributed by atoms with Crippen LogP contribution in [0.3, 0.4) is 0 Å². The fourth-order valence-electron chi connectivity index (χ4n) is 1.93. The lowest BCUT2D eigenvalue weighted by molar-refractivity contribution is 0.0600. The van der Waals surface area contributed by atoms with Crippen LogP contribution in [-0.4, -0.2) is 27.4 Å². The van der Waals surface area contributed by atoms with E-state index in [9.17, 15) is 4.79 Å². The van der Waals surface area contributed by atoms with Gasteiger partial charge in [-0.3, -0.25) is 0 Å². The number of nitrogens with zero attached hydrogens (tertiary/aromatic N) is 3. The standard InChI is InChI=1S/C14H10ClN3O2/c1-20-14(19)10-2-3-13-17-11(8-18(13)7-10)9-4-5-16-12(15)6-9/h2-8H,1H3. The van der Waals surface area contributed by atoms with Crippen molar-refractivity contribution in [3.05, 3.63) is 53.6 Å². The molecule has 0 unspecified atom stereocenters. The molecule has 100 valence electrons. The third-order valence-corrected chi connectivity index (χ3v) is 3.10. The van der Waals surface area contributed by atoms with Crippen LogP contribution in [0.5, 0.6) is 0 Å². The number of hydrogen-bond donors (Lipinski definition) is 0. The number of rotatable bonds is 2. The summed E-state index contributed by atoms with van der Waals surface area (Å²) >= 11 is 5.87. The largest absolute Gasteiger partial charge is 0.465 e. The second-order valence-electron chi connectivity index (χ2n) is 4.17. The number of carbonyl (C=O) groups excluding carboxylic acids is 1. The molecule has 0 aliphatic heterocycles. The van der Waals surface area contributed by atoms with Gasteiger partial charge in [-0.1, -0.05) is 11.6 Å². The van der Waals surface area contributed by atoms with Gasteiger partial charge < -0.3 is 9.14 Å². The molecule has 0 aliphatic carbocycles. The maximum absolute atomic E-state index is 11.5. The van der Waals surface area contributed by atoms with Gasteiger partial charge in [-0.15, -0.1) is 0 Å². The van der Waals surface area contributed by atoms with Gasteiger partial charge in [0.05, 0.1) is 18.4 Å². The molecule has 0 fully saturated rings. The Labute approximate surface area is 119 Å². The lowest BCUT2D eigenvalue weighted by atomic mass is 10.2. The first-order valence-corrected chi connectivity index (χ1v) is 6.24. The molecule has 0 aromatic carbocycles. The number of carbonyl (C=O) groups is 1. The van der Waals surface area contributed by atoms with Crippen molar-refractivity contribution in [2.75, 3.05) is 7.11 Å². The lowest BCUT2D eigenvalue weighted by Gasteiger charge is -1.99. The summed E-state index contributed by atoms with van der Waals surface area (Å²) in [5, 5.41) is 0.412. The minimum atomic E-state index is -0.380. The Morgan fingerprint density at radius 2 is 2.15 bits per heavy atom. The van der Waals surface area contributed by atoms with E-state index in [0.29, 0.717) is 10.7 Å². The Balaban J connectivity index is 2.09. The van der Waals surface area contributed by atoms with Gasteiger partial charge in [-0.2, -0.15) is 0 Å². The summed E-state index contributed by atoms with van der Waals surface area (Å²) in [5.74, 6) is -0.380. The van der Waals surface area contributed by atoms with Crippen LogP contribution in [-0.2, 0) is 4.74 Å². The van der Waals surface area contributed by atoms with Gasteiger partial charge in [0.2, 0.25) is 0 Å². The molecule has 0 atom stereocenters. The molecule has 3 aromatic rings. The molecule has 3 aromatic heterocycles. The van der Waals surface area contributed by atoms with Gasteiger partial charge in [-0.05, 0) is 24.3 Å². The van der Waals surface area contributed by atoms with Crippen LogP contribution in [0.2, 0.25) is 5.15 Å². The van der Waals surface area contributed by atoms with Gasteiger partial charge in [0, 0.05) is 24.2 Å². The zero-order valence-electron chi connectivity index (χ0n) is 10.6. The van der Waals surface area contributed by atoms with Crippen molar-refractivity contribution < 1.29 is 9.53 Å². The first kappa shape index (κ1) is 12.6. The van der Waals surface area contributed by atoms with Gasteiger partial charge in [-0.25, -0.2) is 14.8 Å². The van der Waals surface area contributed by atoms with E-state index in [1.165, 1.54) is 7.11 Å². The average molecular weight is 288 g/mol. The summed E-state index contributed by atoms with van der Waals surface area (Å²) in [6.45, 7) is 0. The highest BCUT2D eigenvalue weighted by atomic mass is 35.5. The zero-order chi connectivity index (χ0) is 14.1. The van der Waals surface area contributed by atoms with Crippen molar-refractivity contribution in [2.45, 2.75) is 0 Å². The summed E-state index contributed by atoms with van der Waals surface area (Å²) in [4.78, 5) is 19.9. The van der Waals surface area contributed by atoms with E-state index in [1.807, 2.05) is 12.3 Å². The summed E-state index contributed by atoms with van der Waals surface area (Å²) in [7, 11) is 1.35. The van der Waals surface area contributed by atoms with Crippen molar-refractivity contribution in [1.29, 1.82) is 0 Å². The number of fused-ring (bicyclic) bond motifs is 1. The highest BCUT2D eigenvalue weighted by Crippen LogP contribution is 2.21. The van der Waals surface area contributed by atoms with Crippen LogP contribution in [0.1, 0.15) is 10.4 Å². The number of ether oxygens (including phenoxy) is 1. The fourth-order valence-corrected chi connectivity index (χ4v) is 2.11. The predicted molar refractivity (Wildman–Crippen MR) is 74.8 cm³/mol. The van der Waals surface area contributed by atoms with Crippen molar-refractivity contribution in [3.8, 4) is 11.3 Å². The number of hydrogen-bond acceptors (Lipinski definition) is 4. The van der Waals surface area contributed by atoms with E-state index in [4.69, 9.17) is 16.3 Å². The Morgan fingerprint density at radius 3 is 2.90 bits per heavy atom. The smallest absolute Gasteiger partial charge is 0.339 e. The summed E-state index contributed by atoms with van der Waals surface area (Å²) < 4.78 is 6.47. The van der Waals surface area contributed by atoms with Crippen LogP contribution in [0.4, 0.5) is 0 Å². The number of methoxy groups -OCH3 is 1. The van der Waals surface area contributed by atoms with Crippen LogP contribution < -0.4 is 0 Å². The molecule has 0 aliphatic rings. The summed E-state index contributed by atoms with van der Waals surface area (Å²) in [5.41, 5.74) is 2.84. The molecule has 3 rings (SSSR count). The molecular weight excluding hydrogens is 278 g/mol. The van der Waals surface area contributed by atoms with Crippen molar-refractivity contribution in [1.82, 2.24) is 14.4 Å².